The molecule has 2 N–H and O–H groups in total. The van der Waals surface area contributed by atoms with Crippen molar-refractivity contribution in [2.45, 2.75) is 59.3 Å². The third kappa shape index (κ3) is 9.64. The summed E-state index contributed by atoms with van der Waals surface area (Å²) in [6, 6.07) is -0.0462. The Bertz CT molecular complexity index is 303. The van der Waals surface area contributed by atoms with Crippen molar-refractivity contribution in [3.05, 3.63) is 0 Å². The summed E-state index contributed by atoms with van der Waals surface area (Å²) < 4.78 is 0. The Morgan fingerprint density at radius 3 is 2.40 bits per heavy atom. The van der Waals surface area contributed by atoms with Crippen LogP contribution in [0.1, 0.15) is 59.3 Å². The Morgan fingerprint density at radius 1 is 1.20 bits per heavy atom. The minimum absolute atomic E-state index is 0.0462. The highest BCUT2D eigenvalue weighted by Crippen LogP contribution is 2.25. The lowest BCUT2D eigenvalue weighted by molar-refractivity contribution is -0.137. The summed E-state index contributed by atoms with van der Waals surface area (Å²) in [5, 5.41) is 11.6. The van der Waals surface area contributed by atoms with Gasteiger partial charge >= 0.3 is 12.0 Å². The normalized spacial score (nSPS) is 11.2. The van der Waals surface area contributed by atoms with Crippen LogP contribution in [0.15, 0.2) is 0 Å². The number of hydrogen-bond donors (Lipinski definition) is 2. The van der Waals surface area contributed by atoms with Crippen LogP contribution in [-0.4, -0.2) is 42.1 Å². The maximum atomic E-state index is 11.8. The van der Waals surface area contributed by atoms with E-state index < -0.39 is 5.97 Å². The number of carbonyl (C=O) groups excluding carboxylic acids is 1. The zero-order valence-corrected chi connectivity index (χ0v) is 13.4. The highest BCUT2D eigenvalue weighted by Gasteiger charge is 2.19. The van der Waals surface area contributed by atoms with Crippen LogP contribution in [0.5, 0.6) is 0 Å². The number of nitrogens with one attached hydrogen (secondary N) is 1. The van der Waals surface area contributed by atoms with Crippen molar-refractivity contribution in [3.63, 3.8) is 0 Å². The van der Waals surface area contributed by atoms with Crippen LogP contribution >= 0.6 is 0 Å². The zero-order chi connectivity index (χ0) is 15.6. The van der Waals surface area contributed by atoms with E-state index in [1.165, 1.54) is 0 Å². The molecular weight excluding hydrogens is 256 g/mol. The van der Waals surface area contributed by atoms with Gasteiger partial charge in [-0.3, -0.25) is 4.79 Å². The Kier molecular flexibility index (Phi) is 9.01. The summed E-state index contributed by atoms with van der Waals surface area (Å²) in [4.78, 5) is 24.1. The third-order valence-electron chi connectivity index (χ3n) is 3.54. The Balaban J connectivity index is 3.86. The van der Waals surface area contributed by atoms with Crippen LogP contribution in [0.3, 0.4) is 0 Å². The molecule has 0 aromatic rings. The largest absolute Gasteiger partial charge is 0.481 e. The lowest BCUT2D eigenvalue weighted by atomic mass is 9.84. The molecule has 0 aromatic heterocycles. The maximum Gasteiger partial charge on any atom is 0.317 e. The van der Waals surface area contributed by atoms with E-state index in [4.69, 9.17) is 5.11 Å². The van der Waals surface area contributed by atoms with E-state index in [1.54, 1.807) is 11.9 Å². The number of carbonyl (C=O) groups is 2. The summed E-state index contributed by atoms with van der Waals surface area (Å²) in [7, 11) is 1.81. The number of unbranched alkanes of at least 4 members (excludes halogenated alkanes) is 2. The first-order valence-corrected chi connectivity index (χ1v) is 7.49. The fourth-order valence-electron chi connectivity index (χ4n) is 1.91. The number of rotatable bonds is 10. The summed E-state index contributed by atoms with van der Waals surface area (Å²) in [6.07, 6.45) is 4.91. The van der Waals surface area contributed by atoms with Gasteiger partial charge in [0.15, 0.2) is 0 Å². The van der Waals surface area contributed by atoms with E-state index in [-0.39, 0.29) is 17.9 Å². The quantitative estimate of drug-likeness (QED) is 0.606. The van der Waals surface area contributed by atoms with Crippen LogP contribution < -0.4 is 5.32 Å². The number of urea groups is 1. The van der Waals surface area contributed by atoms with Crippen molar-refractivity contribution >= 4 is 12.0 Å². The van der Waals surface area contributed by atoms with Gasteiger partial charge in [0, 0.05) is 26.6 Å². The van der Waals surface area contributed by atoms with Gasteiger partial charge in [-0.15, -0.1) is 0 Å². The highest BCUT2D eigenvalue weighted by atomic mass is 16.4. The third-order valence-corrected chi connectivity index (χ3v) is 3.54. The second-order valence-corrected chi connectivity index (χ2v) is 6.17. The van der Waals surface area contributed by atoms with Crippen LogP contribution in [0.2, 0.25) is 0 Å². The molecule has 0 aliphatic carbocycles. The molecule has 0 aromatic carbocycles. The molecule has 0 heterocycles. The molecule has 118 valence electrons. The molecule has 0 spiro atoms. The molecule has 0 aliphatic heterocycles. The molecule has 0 fully saturated rings. The van der Waals surface area contributed by atoms with Crippen LogP contribution in [-0.2, 0) is 4.79 Å². The lowest BCUT2D eigenvalue weighted by Gasteiger charge is -2.25. The second kappa shape index (κ2) is 9.61. The molecule has 5 nitrogen and oxygen atoms in total. The van der Waals surface area contributed by atoms with Gasteiger partial charge < -0.3 is 15.3 Å². The first-order chi connectivity index (χ1) is 9.28. The lowest BCUT2D eigenvalue weighted by Crippen LogP contribution is -2.39. The van der Waals surface area contributed by atoms with Gasteiger partial charge in [0.2, 0.25) is 0 Å². The second-order valence-electron chi connectivity index (χ2n) is 6.17. The van der Waals surface area contributed by atoms with Crippen molar-refractivity contribution in [1.82, 2.24) is 10.2 Å². The standard InChI is InChI=1S/C15H30N2O3/c1-5-6-7-12-17(4)14(20)16-11-10-15(2,3)9-8-13(18)19/h5-12H2,1-4H3,(H,16,20)(H,18,19). The molecule has 2 amide bonds. The Labute approximate surface area is 122 Å². The van der Waals surface area contributed by atoms with E-state index in [0.717, 1.165) is 32.2 Å². The van der Waals surface area contributed by atoms with E-state index in [2.05, 4.69) is 12.2 Å². The van der Waals surface area contributed by atoms with Crippen molar-refractivity contribution < 1.29 is 14.7 Å². The average molecular weight is 286 g/mol. The minimum atomic E-state index is -0.766. The molecule has 0 unspecified atom stereocenters. The van der Waals surface area contributed by atoms with Crippen LogP contribution in [0.25, 0.3) is 0 Å². The predicted molar refractivity (Wildman–Crippen MR) is 80.8 cm³/mol. The fourth-order valence-corrected chi connectivity index (χ4v) is 1.91. The van der Waals surface area contributed by atoms with Gasteiger partial charge in [0.1, 0.15) is 0 Å². The maximum absolute atomic E-state index is 11.8. The smallest absolute Gasteiger partial charge is 0.317 e. The summed E-state index contributed by atoms with van der Waals surface area (Å²) >= 11 is 0. The molecule has 0 atom stereocenters. The molecule has 0 bridgehead atoms. The van der Waals surface area contributed by atoms with Crippen LogP contribution in [0, 0.1) is 5.41 Å². The first-order valence-electron chi connectivity index (χ1n) is 7.49. The van der Waals surface area contributed by atoms with Gasteiger partial charge in [0.05, 0.1) is 0 Å². The summed E-state index contributed by atoms with van der Waals surface area (Å²) in [6.45, 7) is 7.57. The van der Waals surface area contributed by atoms with Crippen molar-refractivity contribution in [3.8, 4) is 0 Å². The van der Waals surface area contributed by atoms with Crippen molar-refractivity contribution in [1.29, 1.82) is 0 Å². The fraction of sp³-hybridized carbons (Fsp3) is 0.867. The predicted octanol–water partition coefficient (Wildman–Crippen LogP) is 3.10. The molecule has 5 heteroatoms. The van der Waals surface area contributed by atoms with Gasteiger partial charge in [-0.1, -0.05) is 33.6 Å². The molecule has 0 rings (SSSR count). The average Bonchev–Trinajstić information content (AvgIpc) is 2.36. The number of hydrogen-bond acceptors (Lipinski definition) is 2. The van der Waals surface area contributed by atoms with E-state index in [1.807, 2.05) is 13.8 Å². The summed E-state index contributed by atoms with van der Waals surface area (Å²) in [5.41, 5.74) is -0.0630. The van der Waals surface area contributed by atoms with E-state index in [9.17, 15) is 9.59 Å². The van der Waals surface area contributed by atoms with Crippen LogP contribution in [0.4, 0.5) is 4.79 Å². The topological polar surface area (TPSA) is 69.6 Å². The Morgan fingerprint density at radius 2 is 1.85 bits per heavy atom. The van der Waals surface area contributed by atoms with Gasteiger partial charge in [0.25, 0.3) is 0 Å². The first kappa shape index (κ1) is 18.7. The van der Waals surface area contributed by atoms with Gasteiger partial charge in [-0.05, 0) is 24.7 Å². The summed E-state index contributed by atoms with van der Waals surface area (Å²) in [5.74, 6) is -0.766. The van der Waals surface area contributed by atoms with Crippen molar-refractivity contribution in [2.75, 3.05) is 20.1 Å². The molecule has 0 saturated carbocycles. The zero-order valence-electron chi connectivity index (χ0n) is 13.4. The SMILES string of the molecule is CCCCCN(C)C(=O)NCCC(C)(C)CCC(=O)O. The number of carboxylic acid groups (broad SMARTS) is 1. The monoisotopic (exact) mass is 286 g/mol. The molecule has 0 radical (unpaired) electrons. The van der Waals surface area contributed by atoms with E-state index >= 15 is 0 Å². The molecular formula is C15H30N2O3. The van der Waals surface area contributed by atoms with Crippen molar-refractivity contribution in [2.24, 2.45) is 5.41 Å². The molecule has 0 saturated heterocycles. The minimum Gasteiger partial charge on any atom is -0.481 e. The van der Waals surface area contributed by atoms with E-state index in [0.29, 0.717) is 13.0 Å². The number of carboxylic acids is 1. The number of nitrogens with zero attached hydrogens (tertiary/aromatic N) is 1. The molecule has 0 aliphatic rings. The Hall–Kier alpha value is -1.26. The highest BCUT2D eigenvalue weighted by molar-refractivity contribution is 5.73. The molecule has 20 heavy (non-hydrogen) atoms. The number of amides is 2. The van der Waals surface area contributed by atoms with Gasteiger partial charge in [-0.2, -0.15) is 0 Å². The van der Waals surface area contributed by atoms with Gasteiger partial charge in [-0.25, -0.2) is 4.79 Å². The number of aliphatic carboxylic acids is 1.